The first-order valence-corrected chi connectivity index (χ1v) is 4.53. The maximum absolute atomic E-state index is 4.11. The van der Waals surface area contributed by atoms with E-state index in [1.165, 1.54) is 11.9 Å². The molecule has 0 radical (unpaired) electrons. The van der Waals surface area contributed by atoms with Gasteiger partial charge in [0.25, 0.3) is 6.33 Å². The zero-order chi connectivity index (χ0) is 10.1. The summed E-state index contributed by atoms with van der Waals surface area (Å²) in [6.45, 7) is 6.20. The molecule has 2 heterocycles. The Morgan fingerprint density at radius 1 is 1.14 bits per heavy atom. The van der Waals surface area contributed by atoms with Gasteiger partial charge in [0.2, 0.25) is 0 Å². The molecule has 4 nitrogen and oxygen atoms in total. The van der Waals surface area contributed by atoms with Crippen LogP contribution < -0.4 is 4.68 Å². The lowest BCUT2D eigenvalue weighted by molar-refractivity contribution is -0.747. The van der Waals surface area contributed by atoms with Crippen LogP contribution in [0.1, 0.15) is 17.0 Å². The Labute approximate surface area is 82.8 Å². The highest BCUT2D eigenvalue weighted by Crippen LogP contribution is 2.01. The number of aryl methyl sites for hydroxylation is 3. The van der Waals surface area contributed by atoms with Crippen molar-refractivity contribution in [2.75, 3.05) is 0 Å². The van der Waals surface area contributed by atoms with Gasteiger partial charge >= 0.3 is 0 Å². The van der Waals surface area contributed by atoms with Crippen LogP contribution in [0, 0.1) is 20.8 Å². The molecule has 72 valence electrons. The Balaban J connectivity index is 2.64. The van der Waals surface area contributed by atoms with Gasteiger partial charge < -0.3 is 0 Å². The second kappa shape index (κ2) is 3.21. The Bertz CT molecular complexity index is 422. The van der Waals surface area contributed by atoms with E-state index in [1.807, 2.05) is 4.68 Å². The molecule has 0 N–H and O–H groups in total. The van der Waals surface area contributed by atoms with Crippen molar-refractivity contribution in [3.8, 4) is 0 Å². The smallest absolute Gasteiger partial charge is 0.193 e. The van der Waals surface area contributed by atoms with Gasteiger partial charge in [-0.15, -0.1) is 4.68 Å². The fourth-order valence-corrected chi connectivity index (χ4v) is 1.73. The summed E-state index contributed by atoms with van der Waals surface area (Å²) in [6.07, 6.45) is 3.22. The van der Waals surface area contributed by atoms with E-state index < -0.39 is 0 Å². The molecule has 2 aromatic rings. The lowest BCUT2D eigenvalue weighted by Crippen LogP contribution is -2.47. The molecule has 0 aliphatic carbocycles. The van der Waals surface area contributed by atoms with Crippen LogP contribution in [0.25, 0.3) is 0 Å². The third-order valence-corrected chi connectivity index (χ3v) is 2.15. The Hall–Kier alpha value is -1.71. The average Bonchev–Trinajstić information content (AvgIpc) is 2.54. The summed E-state index contributed by atoms with van der Waals surface area (Å²) >= 11 is 0. The largest absolute Gasteiger partial charge is 0.257 e. The first kappa shape index (κ1) is 8.87. The van der Waals surface area contributed by atoms with Crippen LogP contribution in [0.3, 0.4) is 0 Å². The number of hydrogen-bond donors (Lipinski definition) is 0. The second-order valence-corrected chi connectivity index (χ2v) is 3.44. The van der Waals surface area contributed by atoms with Crippen molar-refractivity contribution >= 4 is 0 Å². The molecule has 2 aromatic heterocycles. The Morgan fingerprint density at radius 2 is 1.79 bits per heavy atom. The Kier molecular flexibility index (Phi) is 2.04. The van der Waals surface area contributed by atoms with Gasteiger partial charge in [-0.25, -0.2) is 0 Å². The number of rotatable bonds is 1. The van der Waals surface area contributed by atoms with Crippen LogP contribution in [0.4, 0.5) is 0 Å². The molecule has 14 heavy (non-hydrogen) atoms. The summed E-state index contributed by atoms with van der Waals surface area (Å²) in [4.78, 5) is 5.66. The van der Waals surface area contributed by atoms with Crippen molar-refractivity contribution in [3.63, 3.8) is 0 Å². The summed E-state index contributed by atoms with van der Waals surface area (Å²) in [5.74, 6) is 0. The van der Waals surface area contributed by atoms with Crippen molar-refractivity contribution < 1.29 is 4.68 Å². The maximum Gasteiger partial charge on any atom is 0.257 e. The predicted octanol–water partition coefficient (Wildman–Crippen LogP) is 0.802. The summed E-state index contributed by atoms with van der Waals surface area (Å²) in [5.41, 5.74) is 3.55. The zero-order valence-corrected chi connectivity index (χ0v) is 8.60. The molecule has 4 heteroatoms. The molecule has 0 unspecified atom stereocenters. The van der Waals surface area contributed by atoms with Gasteiger partial charge in [0.1, 0.15) is 11.4 Å². The molecule has 0 aliphatic rings. The van der Waals surface area contributed by atoms with Crippen molar-refractivity contribution in [1.82, 2.24) is 14.9 Å². The molecule has 0 aliphatic heterocycles. The van der Waals surface area contributed by atoms with E-state index >= 15 is 0 Å². The van der Waals surface area contributed by atoms with E-state index in [0.717, 1.165) is 11.4 Å². The predicted molar refractivity (Wildman–Crippen MR) is 51.7 cm³/mol. The monoisotopic (exact) mass is 189 g/mol. The average molecular weight is 189 g/mol. The van der Waals surface area contributed by atoms with Crippen molar-refractivity contribution in [3.05, 3.63) is 41.7 Å². The van der Waals surface area contributed by atoms with Gasteiger partial charge in [0.05, 0.1) is 5.10 Å². The van der Waals surface area contributed by atoms with E-state index in [-0.39, 0.29) is 0 Å². The molecule has 0 fully saturated rings. The quantitative estimate of drug-likeness (QED) is 0.622. The minimum absolute atomic E-state index is 1.15. The molecule has 0 atom stereocenters. The highest BCUT2D eigenvalue weighted by atomic mass is 15.6. The van der Waals surface area contributed by atoms with Crippen LogP contribution >= 0.6 is 0 Å². The topological polar surface area (TPSA) is 34.6 Å². The van der Waals surface area contributed by atoms with Crippen LogP contribution in [-0.2, 0) is 0 Å². The van der Waals surface area contributed by atoms with Crippen molar-refractivity contribution in [2.24, 2.45) is 0 Å². The van der Waals surface area contributed by atoms with E-state index in [9.17, 15) is 0 Å². The highest BCUT2D eigenvalue weighted by molar-refractivity contribution is 5.13. The highest BCUT2D eigenvalue weighted by Gasteiger charge is 2.10. The normalized spacial score (nSPS) is 10.5. The fraction of sp³-hybridized carbons (Fsp3) is 0.300. The SMILES string of the molecule is Cc1cc(C)[n+](-n2cncn2)c(C)c1. The maximum atomic E-state index is 4.11. The zero-order valence-electron chi connectivity index (χ0n) is 8.60. The molecule has 0 saturated heterocycles. The van der Waals surface area contributed by atoms with Crippen LogP contribution in [0.2, 0.25) is 0 Å². The third-order valence-electron chi connectivity index (χ3n) is 2.15. The van der Waals surface area contributed by atoms with E-state index in [0.29, 0.717) is 0 Å². The molecule has 0 bridgehead atoms. The van der Waals surface area contributed by atoms with E-state index in [2.05, 4.69) is 43.0 Å². The second-order valence-electron chi connectivity index (χ2n) is 3.44. The molecule has 0 spiro atoms. The van der Waals surface area contributed by atoms with Gasteiger partial charge in [-0.05, 0) is 24.6 Å². The molecular weight excluding hydrogens is 176 g/mol. The minimum Gasteiger partial charge on any atom is -0.193 e. The van der Waals surface area contributed by atoms with Crippen LogP contribution in [0.15, 0.2) is 24.8 Å². The molecule has 0 saturated carbocycles. The van der Waals surface area contributed by atoms with Crippen LogP contribution in [-0.4, -0.2) is 14.9 Å². The van der Waals surface area contributed by atoms with Gasteiger partial charge in [-0.2, -0.15) is 4.98 Å². The van der Waals surface area contributed by atoms with Gasteiger partial charge in [-0.1, -0.05) is 0 Å². The van der Waals surface area contributed by atoms with Gasteiger partial charge in [-0.3, -0.25) is 0 Å². The number of hydrogen-bond acceptors (Lipinski definition) is 2. The number of nitrogens with zero attached hydrogens (tertiary/aromatic N) is 4. The van der Waals surface area contributed by atoms with E-state index in [4.69, 9.17) is 0 Å². The van der Waals surface area contributed by atoms with Gasteiger partial charge in [0.15, 0.2) is 6.33 Å². The van der Waals surface area contributed by atoms with Crippen molar-refractivity contribution in [1.29, 1.82) is 0 Å². The fourth-order valence-electron chi connectivity index (χ4n) is 1.73. The third kappa shape index (κ3) is 1.39. The Morgan fingerprint density at radius 3 is 2.29 bits per heavy atom. The lowest BCUT2D eigenvalue weighted by Gasteiger charge is -2.05. The summed E-state index contributed by atoms with van der Waals surface area (Å²) in [6, 6.07) is 4.24. The number of pyridine rings is 1. The molecule has 2 rings (SSSR count). The molecule has 0 amide bonds. The van der Waals surface area contributed by atoms with Crippen molar-refractivity contribution in [2.45, 2.75) is 20.8 Å². The molecular formula is C10H13N4+. The summed E-state index contributed by atoms with van der Waals surface area (Å²) in [5, 5.41) is 4.11. The summed E-state index contributed by atoms with van der Waals surface area (Å²) < 4.78 is 2.01. The minimum atomic E-state index is 1.15. The van der Waals surface area contributed by atoms with E-state index in [1.54, 1.807) is 11.1 Å². The van der Waals surface area contributed by atoms with Crippen LogP contribution in [0.5, 0.6) is 0 Å². The summed E-state index contributed by atoms with van der Waals surface area (Å²) in [7, 11) is 0. The first-order chi connectivity index (χ1) is 6.68. The molecule has 0 aromatic carbocycles. The van der Waals surface area contributed by atoms with Gasteiger partial charge in [0, 0.05) is 18.6 Å². The number of aromatic nitrogens is 4. The lowest BCUT2D eigenvalue weighted by atomic mass is 10.2. The first-order valence-electron chi connectivity index (χ1n) is 4.53. The standard InChI is InChI=1S/C10H13N4/c1-8-4-9(2)14(10(3)5-8)13-7-11-6-12-13/h4-7H,1-3H3/q+1.